The molecule has 1 aromatic heterocycles. The highest BCUT2D eigenvalue weighted by atomic mass is 32.2. The number of hydrogen-bond donors (Lipinski definition) is 1. The second-order valence-corrected chi connectivity index (χ2v) is 6.54. The summed E-state index contributed by atoms with van der Waals surface area (Å²) < 4.78 is 47.2. The highest BCUT2D eigenvalue weighted by Crippen LogP contribution is 2.39. The number of fused-ring (bicyclic) bond motifs is 1. The van der Waals surface area contributed by atoms with Crippen molar-refractivity contribution in [2.24, 2.45) is 7.05 Å². The Morgan fingerprint density at radius 3 is 2.75 bits per heavy atom. The van der Waals surface area contributed by atoms with Gasteiger partial charge in [-0.25, -0.2) is 0 Å². The van der Waals surface area contributed by atoms with Crippen LogP contribution < -0.4 is 15.0 Å². The van der Waals surface area contributed by atoms with Crippen LogP contribution in [0.2, 0.25) is 0 Å². The van der Waals surface area contributed by atoms with Crippen LogP contribution in [-0.2, 0) is 13.6 Å². The Kier molecular flexibility index (Phi) is 4.35. The van der Waals surface area contributed by atoms with Crippen molar-refractivity contribution in [1.82, 2.24) is 9.29 Å². The first-order valence-electron chi connectivity index (χ1n) is 7.18. The van der Waals surface area contributed by atoms with Crippen molar-refractivity contribution in [3.63, 3.8) is 0 Å². The van der Waals surface area contributed by atoms with Crippen LogP contribution in [0.3, 0.4) is 0 Å². The van der Waals surface area contributed by atoms with Gasteiger partial charge in [0, 0.05) is 41.4 Å². The molecule has 24 heavy (non-hydrogen) atoms. The Labute approximate surface area is 140 Å². The summed E-state index contributed by atoms with van der Waals surface area (Å²) in [5.74, 6) is 0.161. The van der Waals surface area contributed by atoms with Crippen LogP contribution >= 0.6 is 11.9 Å². The number of ether oxygens (including phenoxy) is 1. The van der Waals surface area contributed by atoms with E-state index in [1.165, 1.54) is 16.5 Å². The smallest absolute Gasteiger partial charge is 0.422 e. The lowest BCUT2D eigenvalue weighted by molar-refractivity contribution is -0.153. The molecular weight excluding hydrogens is 341 g/mol. The maximum atomic E-state index is 12.5. The zero-order valence-corrected chi connectivity index (χ0v) is 13.8. The van der Waals surface area contributed by atoms with Gasteiger partial charge in [-0.15, -0.1) is 0 Å². The Bertz CT molecular complexity index is 820. The molecule has 1 N–H and O–H groups in total. The molecule has 0 radical (unpaired) electrons. The summed E-state index contributed by atoms with van der Waals surface area (Å²) in [5.41, 5.74) is 2.44. The number of nitrogens with zero attached hydrogens (tertiary/aromatic N) is 1. The predicted molar refractivity (Wildman–Crippen MR) is 86.1 cm³/mol. The number of aryl methyl sites for hydroxylation is 2. The molecule has 2 heterocycles. The molecule has 2 aromatic rings. The van der Waals surface area contributed by atoms with Gasteiger partial charge in [0.25, 0.3) is 5.56 Å². The molecule has 0 unspecified atom stereocenters. The lowest BCUT2D eigenvalue weighted by Crippen LogP contribution is -2.20. The Hall–Kier alpha value is -1.93. The molecule has 0 fully saturated rings. The van der Waals surface area contributed by atoms with Crippen molar-refractivity contribution >= 4 is 11.9 Å². The summed E-state index contributed by atoms with van der Waals surface area (Å²) in [6, 6.07) is 5.09. The average molecular weight is 356 g/mol. The van der Waals surface area contributed by atoms with Crippen LogP contribution in [0.15, 0.2) is 34.1 Å². The highest BCUT2D eigenvalue weighted by Gasteiger charge is 2.29. The van der Waals surface area contributed by atoms with Gasteiger partial charge in [0.2, 0.25) is 0 Å². The van der Waals surface area contributed by atoms with Gasteiger partial charge in [-0.05, 0) is 42.6 Å². The van der Waals surface area contributed by atoms with Gasteiger partial charge in [-0.1, -0.05) is 0 Å². The summed E-state index contributed by atoms with van der Waals surface area (Å²) in [4.78, 5) is 12.8. The predicted octanol–water partition coefficient (Wildman–Crippen LogP) is 3.41. The number of hydrogen-bond acceptors (Lipinski definition) is 4. The van der Waals surface area contributed by atoms with E-state index in [0.717, 1.165) is 10.5 Å². The third kappa shape index (κ3) is 3.44. The second-order valence-electron chi connectivity index (χ2n) is 5.61. The minimum Gasteiger partial charge on any atom is -0.483 e. The quantitative estimate of drug-likeness (QED) is 0.856. The molecule has 0 saturated heterocycles. The third-order valence-corrected chi connectivity index (χ3v) is 4.56. The van der Waals surface area contributed by atoms with Gasteiger partial charge in [0.15, 0.2) is 6.61 Å². The van der Waals surface area contributed by atoms with Crippen LogP contribution in [0.4, 0.5) is 13.2 Å². The van der Waals surface area contributed by atoms with Crippen LogP contribution in [0.25, 0.3) is 11.1 Å². The molecule has 128 valence electrons. The van der Waals surface area contributed by atoms with Crippen molar-refractivity contribution in [3.8, 4) is 16.9 Å². The minimum atomic E-state index is -4.41. The summed E-state index contributed by atoms with van der Waals surface area (Å²) in [6.07, 6.45) is -2.81. The molecule has 4 nitrogen and oxygen atoms in total. The molecule has 8 heteroatoms. The van der Waals surface area contributed by atoms with E-state index in [1.54, 1.807) is 38.4 Å². The fourth-order valence-electron chi connectivity index (χ4n) is 2.56. The molecule has 1 aliphatic heterocycles. The van der Waals surface area contributed by atoms with E-state index in [4.69, 9.17) is 4.74 Å². The first kappa shape index (κ1) is 16.9. The van der Waals surface area contributed by atoms with Crippen molar-refractivity contribution in [1.29, 1.82) is 0 Å². The maximum absolute atomic E-state index is 12.5. The summed E-state index contributed by atoms with van der Waals surface area (Å²) >= 11 is 1.42. The van der Waals surface area contributed by atoms with Crippen molar-refractivity contribution < 1.29 is 17.9 Å². The van der Waals surface area contributed by atoms with Gasteiger partial charge in [-0.2, -0.15) is 13.2 Å². The molecule has 1 aliphatic rings. The second kappa shape index (κ2) is 6.18. The van der Waals surface area contributed by atoms with Crippen LogP contribution in [0.1, 0.15) is 11.1 Å². The molecule has 3 rings (SSSR count). The fraction of sp³-hybridized carbons (Fsp3) is 0.312. The van der Waals surface area contributed by atoms with E-state index in [9.17, 15) is 18.0 Å². The number of aromatic nitrogens is 1. The van der Waals surface area contributed by atoms with E-state index in [1.807, 2.05) is 0 Å². The van der Waals surface area contributed by atoms with Gasteiger partial charge < -0.3 is 9.30 Å². The molecule has 0 spiro atoms. The Balaban J connectivity index is 2.10. The fourth-order valence-corrected chi connectivity index (χ4v) is 3.38. The van der Waals surface area contributed by atoms with Crippen LogP contribution in [0.5, 0.6) is 5.75 Å². The van der Waals surface area contributed by atoms with E-state index in [-0.39, 0.29) is 11.3 Å². The average Bonchev–Trinajstić information content (AvgIpc) is 2.95. The summed E-state index contributed by atoms with van der Waals surface area (Å²) in [6.45, 7) is 0.880. The number of benzene rings is 1. The monoisotopic (exact) mass is 356 g/mol. The van der Waals surface area contributed by atoms with Gasteiger partial charge >= 0.3 is 6.18 Å². The summed E-state index contributed by atoms with van der Waals surface area (Å²) in [7, 11) is 1.61. The number of rotatable bonds is 3. The number of pyridine rings is 1. The molecule has 0 aliphatic carbocycles. The van der Waals surface area contributed by atoms with Crippen molar-refractivity contribution in [2.75, 3.05) is 6.61 Å². The minimum absolute atomic E-state index is 0.145. The van der Waals surface area contributed by atoms with E-state index in [0.29, 0.717) is 23.2 Å². The van der Waals surface area contributed by atoms with Gasteiger partial charge in [0.05, 0.1) is 0 Å². The largest absolute Gasteiger partial charge is 0.483 e. The lowest BCUT2D eigenvalue weighted by atomic mass is 10.0. The van der Waals surface area contributed by atoms with Gasteiger partial charge in [-0.3, -0.25) is 9.52 Å². The SMILES string of the molecule is Cc1cc(-c2cc3c(cc2OCC(F)(F)F)CNS3)cn(C)c1=O. The van der Waals surface area contributed by atoms with Crippen LogP contribution in [-0.4, -0.2) is 17.4 Å². The van der Waals surface area contributed by atoms with Gasteiger partial charge in [0.1, 0.15) is 5.75 Å². The zero-order valence-electron chi connectivity index (χ0n) is 13.0. The summed E-state index contributed by atoms with van der Waals surface area (Å²) in [5, 5.41) is 0. The normalized spacial score (nSPS) is 13.9. The molecule has 1 aromatic carbocycles. The number of nitrogens with one attached hydrogen (secondary N) is 1. The van der Waals surface area contributed by atoms with Crippen LogP contribution in [0, 0.1) is 6.92 Å². The van der Waals surface area contributed by atoms with E-state index >= 15 is 0 Å². The third-order valence-electron chi connectivity index (χ3n) is 3.67. The number of alkyl halides is 3. The Morgan fingerprint density at radius 1 is 1.33 bits per heavy atom. The standard InChI is InChI=1S/C16H15F3N2O2S/c1-9-3-11(7-21(2)15(9)22)12-5-14-10(6-20-24-14)4-13(12)23-8-16(17,18)19/h3-5,7,20H,6,8H2,1-2H3. The lowest BCUT2D eigenvalue weighted by Gasteiger charge is -2.16. The molecule has 0 amide bonds. The topological polar surface area (TPSA) is 43.3 Å². The van der Waals surface area contributed by atoms with Crippen molar-refractivity contribution in [3.05, 3.63) is 45.9 Å². The highest BCUT2D eigenvalue weighted by molar-refractivity contribution is 7.97. The molecule has 0 bridgehead atoms. The maximum Gasteiger partial charge on any atom is 0.422 e. The molecular formula is C16H15F3N2O2S. The zero-order chi connectivity index (χ0) is 17.5. The van der Waals surface area contributed by atoms with E-state index in [2.05, 4.69) is 4.72 Å². The Morgan fingerprint density at radius 2 is 2.08 bits per heavy atom. The number of halogens is 3. The molecule has 0 saturated carbocycles. The first-order chi connectivity index (χ1) is 11.2. The molecule has 0 atom stereocenters. The van der Waals surface area contributed by atoms with Crippen molar-refractivity contribution in [2.45, 2.75) is 24.5 Å². The first-order valence-corrected chi connectivity index (χ1v) is 8.00. The van der Waals surface area contributed by atoms with E-state index < -0.39 is 12.8 Å².